The van der Waals surface area contributed by atoms with Gasteiger partial charge in [-0.2, -0.15) is 5.10 Å². The zero-order valence-electron chi connectivity index (χ0n) is 15.2. The number of aromatic nitrogens is 3. The van der Waals surface area contributed by atoms with E-state index in [9.17, 15) is 4.79 Å². The highest BCUT2D eigenvalue weighted by molar-refractivity contribution is 5.74. The molecule has 24 heavy (non-hydrogen) atoms. The van der Waals surface area contributed by atoms with Crippen molar-refractivity contribution in [1.82, 2.24) is 25.0 Å². The van der Waals surface area contributed by atoms with Crippen LogP contribution in [0.4, 0.5) is 4.79 Å². The normalized spacial score (nSPS) is 27.2. The lowest BCUT2D eigenvalue weighted by molar-refractivity contribution is -0.0875. The van der Waals surface area contributed by atoms with E-state index in [0.717, 1.165) is 37.5 Å². The molecule has 0 aliphatic carbocycles. The maximum absolute atomic E-state index is 12.7. The third-order valence-electron chi connectivity index (χ3n) is 5.08. The lowest BCUT2D eigenvalue weighted by Gasteiger charge is -2.40. The van der Waals surface area contributed by atoms with Gasteiger partial charge in [0, 0.05) is 19.0 Å². The molecule has 2 aliphatic heterocycles. The summed E-state index contributed by atoms with van der Waals surface area (Å²) in [6.07, 6.45) is 2.82. The van der Waals surface area contributed by atoms with Gasteiger partial charge in [0.2, 0.25) is 0 Å². The van der Waals surface area contributed by atoms with Gasteiger partial charge in [0.15, 0.2) is 5.82 Å². The molecule has 1 aromatic rings. The van der Waals surface area contributed by atoms with Gasteiger partial charge in [-0.1, -0.05) is 20.8 Å². The van der Waals surface area contributed by atoms with Gasteiger partial charge in [-0.3, -0.25) is 0 Å². The molecule has 7 nitrogen and oxygen atoms in total. The first-order chi connectivity index (χ1) is 11.4. The maximum atomic E-state index is 12.7. The minimum absolute atomic E-state index is 0.0227. The number of carbonyl (C=O) groups is 1. The molecule has 7 heteroatoms. The van der Waals surface area contributed by atoms with E-state index in [4.69, 9.17) is 4.74 Å². The highest BCUT2D eigenvalue weighted by atomic mass is 16.5. The van der Waals surface area contributed by atoms with Gasteiger partial charge in [-0.15, -0.1) is 0 Å². The molecule has 1 fully saturated rings. The van der Waals surface area contributed by atoms with Gasteiger partial charge in [0.25, 0.3) is 0 Å². The summed E-state index contributed by atoms with van der Waals surface area (Å²) in [5.41, 5.74) is -0.243. The molecule has 2 unspecified atom stereocenters. The fraction of sp³-hybridized carbons (Fsp3) is 0.824. The number of rotatable bonds is 3. The van der Waals surface area contributed by atoms with Crippen molar-refractivity contribution in [2.45, 2.75) is 71.1 Å². The van der Waals surface area contributed by atoms with E-state index >= 15 is 0 Å². The summed E-state index contributed by atoms with van der Waals surface area (Å²) in [5.74, 6) is 2.05. The number of aryl methyl sites for hydroxylation is 1. The van der Waals surface area contributed by atoms with Crippen LogP contribution in [0.15, 0.2) is 0 Å². The second-order valence-electron chi connectivity index (χ2n) is 7.42. The lowest BCUT2D eigenvalue weighted by atomic mass is 10.0. The summed E-state index contributed by atoms with van der Waals surface area (Å²) < 4.78 is 7.78. The van der Waals surface area contributed by atoms with Gasteiger partial charge in [0.1, 0.15) is 5.82 Å². The topological polar surface area (TPSA) is 72.3 Å². The number of ether oxygens (including phenoxy) is 1. The van der Waals surface area contributed by atoms with E-state index in [1.54, 1.807) is 0 Å². The van der Waals surface area contributed by atoms with Gasteiger partial charge in [-0.05, 0) is 26.2 Å². The molecule has 2 aliphatic rings. The average molecular weight is 335 g/mol. The van der Waals surface area contributed by atoms with Crippen molar-refractivity contribution in [3.8, 4) is 0 Å². The number of hydrogen-bond acceptors (Lipinski definition) is 4. The molecule has 2 atom stereocenters. The Morgan fingerprint density at radius 1 is 1.46 bits per heavy atom. The maximum Gasteiger partial charge on any atom is 0.318 e. The molecule has 2 amide bonds. The summed E-state index contributed by atoms with van der Waals surface area (Å²) in [4.78, 5) is 19.3. The average Bonchev–Trinajstić information content (AvgIpc) is 3.00. The smallest absolute Gasteiger partial charge is 0.318 e. The highest BCUT2D eigenvalue weighted by Crippen LogP contribution is 2.26. The molecule has 1 aromatic heterocycles. The first kappa shape index (κ1) is 17.2. The Labute approximate surface area is 143 Å². The van der Waals surface area contributed by atoms with Crippen molar-refractivity contribution in [2.75, 3.05) is 19.7 Å². The van der Waals surface area contributed by atoms with E-state index in [2.05, 4.69) is 43.1 Å². The number of urea groups is 1. The molecule has 0 spiro atoms. The molecule has 1 saturated heterocycles. The fourth-order valence-electron chi connectivity index (χ4n) is 3.31. The minimum atomic E-state index is -0.243. The monoisotopic (exact) mass is 335 g/mol. The Morgan fingerprint density at radius 3 is 2.96 bits per heavy atom. The van der Waals surface area contributed by atoms with Crippen LogP contribution in [0.1, 0.15) is 70.6 Å². The predicted octanol–water partition coefficient (Wildman–Crippen LogP) is 2.45. The first-order valence-electron chi connectivity index (χ1n) is 9.06. The standard InChI is InChI=1S/C17H29N5O2/c1-5-17(4)11-21(9-10-24-17)16(23)18-13-7-6-8-22-15(13)19-14(20-22)12(2)3/h12-13H,5-11H2,1-4H3,(H,18,23). The van der Waals surface area contributed by atoms with E-state index in [0.29, 0.717) is 25.6 Å². The van der Waals surface area contributed by atoms with E-state index in [1.165, 1.54) is 0 Å². The molecule has 0 saturated carbocycles. The van der Waals surface area contributed by atoms with Crippen molar-refractivity contribution < 1.29 is 9.53 Å². The Hall–Kier alpha value is -1.63. The number of nitrogens with one attached hydrogen (secondary N) is 1. The van der Waals surface area contributed by atoms with Crippen molar-refractivity contribution in [3.63, 3.8) is 0 Å². The number of fused-ring (bicyclic) bond motifs is 1. The molecule has 3 heterocycles. The van der Waals surface area contributed by atoms with Gasteiger partial charge in [-0.25, -0.2) is 14.5 Å². The van der Waals surface area contributed by atoms with Crippen LogP contribution in [-0.2, 0) is 11.3 Å². The first-order valence-corrected chi connectivity index (χ1v) is 9.06. The Bertz CT molecular complexity index is 600. The largest absolute Gasteiger partial charge is 0.372 e. The van der Waals surface area contributed by atoms with Gasteiger partial charge in [0.05, 0.1) is 24.8 Å². The van der Waals surface area contributed by atoms with E-state index in [-0.39, 0.29) is 17.7 Å². The van der Waals surface area contributed by atoms with Crippen LogP contribution in [0.3, 0.4) is 0 Å². The van der Waals surface area contributed by atoms with Crippen molar-refractivity contribution >= 4 is 6.03 Å². The highest BCUT2D eigenvalue weighted by Gasteiger charge is 2.34. The summed E-state index contributed by atoms with van der Waals surface area (Å²) >= 11 is 0. The molecular formula is C17H29N5O2. The zero-order chi connectivity index (χ0) is 17.3. The Balaban J connectivity index is 1.69. The van der Waals surface area contributed by atoms with Crippen molar-refractivity contribution in [3.05, 3.63) is 11.6 Å². The molecule has 0 bridgehead atoms. The third-order valence-corrected chi connectivity index (χ3v) is 5.08. The Kier molecular flexibility index (Phi) is 4.80. The molecule has 0 radical (unpaired) electrons. The van der Waals surface area contributed by atoms with Crippen LogP contribution in [0.25, 0.3) is 0 Å². The SMILES string of the molecule is CCC1(C)CN(C(=O)NC2CCCn3nc(C(C)C)nc32)CCO1. The second-order valence-corrected chi connectivity index (χ2v) is 7.42. The van der Waals surface area contributed by atoms with Crippen LogP contribution < -0.4 is 5.32 Å². The predicted molar refractivity (Wildman–Crippen MR) is 90.8 cm³/mol. The molecule has 1 N–H and O–H groups in total. The van der Waals surface area contributed by atoms with E-state index in [1.807, 2.05) is 9.58 Å². The molecule has 3 rings (SSSR count). The summed E-state index contributed by atoms with van der Waals surface area (Å²) in [5, 5.41) is 7.74. The van der Waals surface area contributed by atoms with Gasteiger partial charge < -0.3 is 15.0 Å². The van der Waals surface area contributed by atoms with Crippen LogP contribution in [0.2, 0.25) is 0 Å². The fourth-order valence-corrected chi connectivity index (χ4v) is 3.31. The lowest BCUT2D eigenvalue weighted by Crippen LogP contribution is -2.55. The van der Waals surface area contributed by atoms with Crippen LogP contribution >= 0.6 is 0 Å². The molecule has 0 aromatic carbocycles. The van der Waals surface area contributed by atoms with Crippen molar-refractivity contribution in [2.24, 2.45) is 0 Å². The van der Waals surface area contributed by atoms with Crippen molar-refractivity contribution in [1.29, 1.82) is 0 Å². The summed E-state index contributed by atoms with van der Waals surface area (Å²) in [7, 11) is 0. The zero-order valence-corrected chi connectivity index (χ0v) is 15.2. The number of morpholine rings is 1. The number of hydrogen-bond donors (Lipinski definition) is 1. The number of carbonyl (C=O) groups excluding carboxylic acids is 1. The van der Waals surface area contributed by atoms with Crippen LogP contribution in [-0.4, -0.2) is 51.0 Å². The van der Waals surface area contributed by atoms with Gasteiger partial charge >= 0.3 is 6.03 Å². The molecule has 134 valence electrons. The van der Waals surface area contributed by atoms with Crippen LogP contribution in [0.5, 0.6) is 0 Å². The van der Waals surface area contributed by atoms with E-state index < -0.39 is 0 Å². The second kappa shape index (κ2) is 6.70. The minimum Gasteiger partial charge on any atom is -0.372 e. The van der Waals surface area contributed by atoms with Crippen LogP contribution in [0, 0.1) is 0 Å². The quantitative estimate of drug-likeness (QED) is 0.921. The summed E-state index contributed by atoms with van der Waals surface area (Å²) in [6.45, 7) is 11.1. The number of nitrogens with zero attached hydrogens (tertiary/aromatic N) is 4. The third kappa shape index (κ3) is 3.41. The summed E-state index contributed by atoms with van der Waals surface area (Å²) in [6, 6.07) is -0.0764. The molecular weight excluding hydrogens is 306 g/mol. The number of amides is 2. The Morgan fingerprint density at radius 2 is 2.25 bits per heavy atom.